The Balaban J connectivity index is 1.59. The number of rotatable bonds is 5. The van der Waals surface area contributed by atoms with Gasteiger partial charge in [0.15, 0.2) is 0 Å². The molecular weight excluding hydrogens is 218 g/mol. The van der Waals surface area contributed by atoms with Gasteiger partial charge in [-0.25, -0.2) is 0 Å². The molecule has 4 nitrogen and oxygen atoms in total. The second-order valence-corrected chi connectivity index (χ2v) is 5.86. The minimum atomic E-state index is -0.699. The average molecular weight is 239 g/mol. The molecule has 3 saturated carbocycles. The number of carboxylic acids is 1. The lowest BCUT2D eigenvalue weighted by Crippen LogP contribution is -2.51. The highest BCUT2D eigenvalue weighted by Crippen LogP contribution is 2.37. The van der Waals surface area contributed by atoms with Crippen molar-refractivity contribution in [3.05, 3.63) is 0 Å². The predicted octanol–water partition coefficient (Wildman–Crippen LogP) is 1.68. The first-order valence-corrected chi connectivity index (χ1v) is 6.84. The maximum absolute atomic E-state index is 11.5. The highest BCUT2D eigenvalue weighted by molar-refractivity contribution is 5.79. The van der Waals surface area contributed by atoms with Crippen molar-refractivity contribution in [2.45, 2.75) is 75.2 Å². The van der Waals surface area contributed by atoms with Gasteiger partial charge in [0, 0.05) is 12.5 Å². The van der Waals surface area contributed by atoms with E-state index in [-0.39, 0.29) is 6.10 Å². The summed E-state index contributed by atoms with van der Waals surface area (Å²) in [7, 11) is 0. The molecule has 2 N–H and O–H groups in total. The third-order valence-corrected chi connectivity index (χ3v) is 4.37. The molecule has 0 amide bonds. The summed E-state index contributed by atoms with van der Waals surface area (Å²) in [6.45, 7) is 0. The molecule has 2 unspecified atom stereocenters. The third kappa shape index (κ3) is 2.33. The van der Waals surface area contributed by atoms with Gasteiger partial charge in [-0.1, -0.05) is 0 Å². The van der Waals surface area contributed by atoms with Crippen LogP contribution in [0.4, 0.5) is 0 Å². The van der Waals surface area contributed by atoms with Crippen molar-refractivity contribution in [3.63, 3.8) is 0 Å². The van der Waals surface area contributed by atoms with Crippen LogP contribution < -0.4 is 5.32 Å². The molecule has 17 heavy (non-hydrogen) atoms. The Bertz CT molecular complexity index is 312. The van der Waals surface area contributed by atoms with Gasteiger partial charge in [-0.15, -0.1) is 0 Å². The Labute approximate surface area is 102 Å². The maximum Gasteiger partial charge on any atom is 0.324 e. The van der Waals surface area contributed by atoms with Crippen LogP contribution in [0.2, 0.25) is 0 Å². The van der Waals surface area contributed by atoms with Gasteiger partial charge in [0.05, 0.1) is 12.2 Å². The molecule has 0 aliphatic heterocycles. The van der Waals surface area contributed by atoms with Crippen molar-refractivity contribution in [2.75, 3.05) is 0 Å². The highest BCUT2D eigenvalue weighted by atomic mass is 16.5. The fraction of sp³-hybridized carbons (Fsp3) is 0.923. The zero-order valence-corrected chi connectivity index (χ0v) is 10.2. The largest absolute Gasteiger partial charge is 0.480 e. The molecule has 2 atom stereocenters. The molecule has 0 bridgehead atoms. The predicted molar refractivity (Wildman–Crippen MR) is 62.9 cm³/mol. The topological polar surface area (TPSA) is 58.6 Å². The van der Waals surface area contributed by atoms with Crippen molar-refractivity contribution in [3.8, 4) is 0 Å². The molecule has 0 aromatic rings. The molecule has 0 saturated heterocycles. The molecule has 0 radical (unpaired) electrons. The van der Waals surface area contributed by atoms with Crippen LogP contribution in [0.5, 0.6) is 0 Å². The average Bonchev–Trinajstić information content (AvgIpc) is 2.92. The fourth-order valence-corrected chi connectivity index (χ4v) is 2.90. The van der Waals surface area contributed by atoms with Gasteiger partial charge in [-0.2, -0.15) is 0 Å². The SMILES string of the molecule is O=C(O)C1(NC2CC2)CCC(OC2CCC2)C1. The van der Waals surface area contributed by atoms with E-state index < -0.39 is 11.5 Å². The highest BCUT2D eigenvalue weighted by Gasteiger charge is 2.49. The van der Waals surface area contributed by atoms with Crippen molar-refractivity contribution in [1.29, 1.82) is 0 Å². The van der Waals surface area contributed by atoms with E-state index in [1.165, 1.54) is 6.42 Å². The van der Waals surface area contributed by atoms with Gasteiger partial charge in [0.1, 0.15) is 5.54 Å². The van der Waals surface area contributed by atoms with Crippen LogP contribution >= 0.6 is 0 Å². The molecule has 4 heteroatoms. The lowest BCUT2D eigenvalue weighted by molar-refractivity contribution is -0.145. The number of carbonyl (C=O) groups is 1. The molecule has 0 aromatic carbocycles. The third-order valence-electron chi connectivity index (χ3n) is 4.37. The standard InChI is InChI=1S/C13H21NO3/c15-12(16)13(14-9-4-5-9)7-6-11(8-13)17-10-2-1-3-10/h9-11,14H,1-8H2,(H,15,16). The van der Waals surface area contributed by atoms with Gasteiger partial charge in [0.2, 0.25) is 0 Å². The molecule has 96 valence electrons. The van der Waals surface area contributed by atoms with Gasteiger partial charge in [0.25, 0.3) is 0 Å². The summed E-state index contributed by atoms with van der Waals surface area (Å²) in [5, 5.41) is 12.8. The number of nitrogens with one attached hydrogen (secondary N) is 1. The zero-order chi connectivity index (χ0) is 11.9. The van der Waals surface area contributed by atoms with Crippen LogP contribution in [0.15, 0.2) is 0 Å². The van der Waals surface area contributed by atoms with Crippen LogP contribution in [0.3, 0.4) is 0 Å². The monoisotopic (exact) mass is 239 g/mol. The van der Waals surface area contributed by atoms with Crippen LogP contribution in [0, 0.1) is 0 Å². The first-order chi connectivity index (χ1) is 8.18. The van der Waals surface area contributed by atoms with E-state index >= 15 is 0 Å². The second kappa shape index (κ2) is 4.25. The zero-order valence-electron chi connectivity index (χ0n) is 10.2. The van der Waals surface area contributed by atoms with Gasteiger partial charge >= 0.3 is 5.97 Å². The summed E-state index contributed by atoms with van der Waals surface area (Å²) < 4.78 is 5.95. The van der Waals surface area contributed by atoms with E-state index in [2.05, 4.69) is 5.32 Å². The summed E-state index contributed by atoms with van der Waals surface area (Å²) in [5.41, 5.74) is -0.699. The summed E-state index contributed by atoms with van der Waals surface area (Å²) in [6, 6.07) is 0.438. The Morgan fingerprint density at radius 2 is 1.94 bits per heavy atom. The Morgan fingerprint density at radius 1 is 1.18 bits per heavy atom. The summed E-state index contributed by atoms with van der Waals surface area (Å²) in [5.74, 6) is -0.691. The quantitative estimate of drug-likeness (QED) is 0.766. The molecule has 3 aliphatic rings. The van der Waals surface area contributed by atoms with Crippen molar-refractivity contribution in [2.24, 2.45) is 0 Å². The normalized spacial score (nSPS) is 38.0. The van der Waals surface area contributed by atoms with Crippen LogP contribution in [-0.4, -0.2) is 34.9 Å². The van der Waals surface area contributed by atoms with Crippen LogP contribution in [0.1, 0.15) is 51.4 Å². The fourth-order valence-electron chi connectivity index (χ4n) is 2.90. The summed E-state index contributed by atoms with van der Waals surface area (Å²) in [6.07, 6.45) is 8.66. The van der Waals surface area contributed by atoms with E-state index in [1.807, 2.05) is 0 Å². The molecule has 0 aromatic heterocycles. The molecule has 0 spiro atoms. The number of hydrogen-bond donors (Lipinski definition) is 2. The van der Waals surface area contributed by atoms with E-state index in [1.54, 1.807) is 0 Å². The number of carboxylic acid groups (broad SMARTS) is 1. The van der Waals surface area contributed by atoms with E-state index in [0.717, 1.165) is 38.5 Å². The Kier molecular flexibility index (Phi) is 2.87. The van der Waals surface area contributed by atoms with Crippen molar-refractivity contribution >= 4 is 5.97 Å². The van der Waals surface area contributed by atoms with Gasteiger partial charge < -0.3 is 9.84 Å². The number of hydrogen-bond acceptors (Lipinski definition) is 3. The Morgan fingerprint density at radius 3 is 2.47 bits per heavy atom. The van der Waals surface area contributed by atoms with E-state index in [4.69, 9.17) is 4.74 Å². The lowest BCUT2D eigenvalue weighted by atomic mass is 9.95. The molecule has 0 heterocycles. The van der Waals surface area contributed by atoms with E-state index in [0.29, 0.717) is 18.6 Å². The van der Waals surface area contributed by atoms with Crippen LogP contribution in [-0.2, 0) is 9.53 Å². The summed E-state index contributed by atoms with van der Waals surface area (Å²) in [4.78, 5) is 11.5. The first-order valence-electron chi connectivity index (χ1n) is 6.84. The summed E-state index contributed by atoms with van der Waals surface area (Å²) >= 11 is 0. The van der Waals surface area contributed by atoms with Gasteiger partial charge in [-0.05, 0) is 44.9 Å². The van der Waals surface area contributed by atoms with Gasteiger partial charge in [-0.3, -0.25) is 10.1 Å². The minimum Gasteiger partial charge on any atom is -0.480 e. The maximum atomic E-state index is 11.5. The number of aliphatic carboxylic acids is 1. The second-order valence-electron chi connectivity index (χ2n) is 5.86. The lowest BCUT2D eigenvalue weighted by Gasteiger charge is -2.30. The Hall–Kier alpha value is -0.610. The first kappa shape index (κ1) is 11.5. The smallest absolute Gasteiger partial charge is 0.324 e. The minimum absolute atomic E-state index is 0.155. The van der Waals surface area contributed by atoms with Crippen molar-refractivity contribution < 1.29 is 14.6 Å². The molecule has 3 aliphatic carbocycles. The molecule has 3 rings (SSSR count). The number of ether oxygens (including phenoxy) is 1. The van der Waals surface area contributed by atoms with Crippen molar-refractivity contribution in [1.82, 2.24) is 5.32 Å². The molecular formula is C13H21NO3. The molecule has 3 fully saturated rings. The van der Waals surface area contributed by atoms with Crippen LogP contribution in [0.25, 0.3) is 0 Å². The van der Waals surface area contributed by atoms with E-state index in [9.17, 15) is 9.90 Å².